The van der Waals surface area contributed by atoms with Crippen LogP contribution in [0, 0.1) is 5.92 Å². The van der Waals surface area contributed by atoms with Gasteiger partial charge in [0.05, 0.1) is 124 Å². The molecule has 8 saturated heterocycles. The average molecular weight is 1250 g/mol. The van der Waals surface area contributed by atoms with Crippen molar-refractivity contribution in [3.8, 4) is 0 Å². The maximum Gasteiger partial charge on any atom is 0.0738 e. The summed E-state index contributed by atoms with van der Waals surface area (Å²) in [6.07, 6.45) is 39.9. The Morgan fingerprint density at radius 2 is 0.681 bits per heavy atom. The molecule has 12 N–H and O–H groups in total. The van der Waals surface area contributed by atoms with Crippen LogP contribution in [-0.4, -0.2) is 177 Å². The Hall–Kier alpha value is -8.08. The van der Waals surface area contributed by atoms with Gasteiger partial charge in [0, 0.05) is 160 Å². The van der Waals surface area contributed by atoms with Crippen molar-refractivity contribution in [1.29, 1.82) is 0 Å². The van der Waals surface area contributed by atoms with E-state index in [2.05, 4.69) is 82.7 Å². The van der Waals surface area contributed by atoms with E-state index in [0.29, 0.717) is 5.92 Å². The molecule has 91 heavy (non-hydrogen) atoms. The monoisotopic (exact) mass is 1240 g/mol. The van der Waals surface area contributed by atoms with Crippen molar-refractivity contribution in [2.45, 2.75) is 102 Å². The van der Waals surface area contributed by atoms with Crippen molar-refractivity contribution in [1.82, 2.24) is 39.7 Å². The third-order valence-electron chi connectivity index (χ3n) is 18.8. The topological polar surface area (TPSA) is 278 Å². The fourth-order valence-corrected chi connectivity index (χ4v) is 13.4. The minimum atomic E-state index is 0.179. The molecular formula is C69H104N20O2. The highest BCUT2D eigenvalue weighted by molar-refractivity contribution is 5.70. The van der Waals surface area contributed by atoms with Gasteiger partial charge in [-0.05, 0) is 127 Å². The number of rotatable bonds is 8. The summed E-state index contributed by atoms with van der Waals surface area (Å²) < 4.78 is 11.2. The number of nitrogen functional groups attached to an aromatic ring is 6. The zero-order valence-corrected chi connectivity index (χ0v) is 54.3. The first kappa shape index (κ1) is 67.3. The first-order valence-electron chi connectivity index (χ1n) is 33.5. The van der Waals surface area contributed by atoms with E-state index in [0.717, 1.165) is 218 Å². The van der Waals surface area contributed by atoms with Crippen LogP contribution in [0.2, 0.25) is 0 Å². The second kappa shape index (κ2) is 34.9. The summed E-state index contributed by atoms with van der Waals surface area (Å²) in [5.41, 5.74) is 48.3. The summed E-state index contributed by atoms with van der Waals surface area (Å²) in [7, 11) is 2.19. The number of morpholine rings is 1. The molecule has 14 heterocycles. The van der Waals surface area contributed by atoms with E-state index >= 15 is 0 Å². The Labute approximate surface area is 541 Å². The summed E-state index contributed by atoms with van der Waals surface area (Å²) >= 11 is 0. The summed E-state index contributed by atoms with van der Waals surface area (Å²) in [6, 6.07) is 12.0. The van der Waals surface area contributed by atoms with Gasteiger partial charge in [-0.25, -0.2) is 0 Å². The molecule has 6 aromatic heterocycles. The summed E-state index contributed by atoms with van der Waals surface area (Å²) in [6.45, 7) is 24.2. The zero-order valence-electron chi connectivity index (χ0n) is 54.3. The van der Waals surface area contributed by atoms with E-state index in [1.807, 2.05) is 55.0 Å². The Bertz CT molecular complexity index is 3020. The molecule has 1 spiro atoms. The third-order valence-corrected chi connectivity index (χ3v) is 18.8. The molecule has 14 rings (SSSR count). The molecule has 22 nitrogen and oxygen atoms in total. The van der Waals surface area contributed by atoms with Crippen LogP contribution in [-0.2, 0) is 9.47 Å². The molecule has 0 aromatic carbocycles. The van der Waals surface area contributed by atoms with E-state index < -0.39 is 0 Å². The minimum absolute atomic E-state index is 0.179. The number of likely N-dealkylation sites (N-methyl/N-ethyl adjacent to an activating group) is 1. The number of piperidine rings is 3. The number of aromatic nitrogens is 6. The van der Waals surface area contributed by atoms with E-state index in [1.54, 1.807) is 55.8 Å². The highest BCUT2D eigenvalue weighted by Crippen LogP contribution is 2.38. The molecule has 492 valence electrons. The highest BCUT2D eigenvalue weighted by Gasteiger charge is 2.38. The Balaban J connectivity index is 0.000000131. The highest BCUT2D eigenvalue weighted by atomic mass is 16.5. The second-order valence-electron chi connectivity index (χ2n) is 25.0. The Morgan fingerprint density at radius 1 is 0.374 bits per heavy atom. The number of nitrogens with zero attached hydrogens (tertiary/aromatic N) is 14. The van der Waals surface area contributed by atoms with Gasteiger partial charge in [0.2, 0.25) is 0 Å². The van der Waals surface area contributed by atoms with Crippen molar-refractivity contribution in [2.24, 2.45) is 5.92 Å². The van der Waals surface area contributed by atoms with Gasteiger partial charge in [0.1, 0.15) is 0 Å². The first-order chi connectivity index (χ1) is 44.4. The van der Waals surface area contributed by atoms with Gasteiger partial charge in [0.15, 0.2) is 0 Å². The number of anilines is 12. The van der Waals surface area contributed by atoms with Crippen molar-refractivity contribution in [3.05, 3.63) is 123 Å². The maximum absolute atomic E-state index is 6.04. The quantitative estimate of drug-likeness (QED) is 0.0829. The number of piperazine rings is 1. The number of pyridine rings is 6. The van der Waals surface area contributed by atoms with Crippen LogP contribution in [0.25, 0.3) is 0 Å². The van der Waals surface area contributed by atoms with Crippen LogP contribution < -0.4 is 63.8 Å². The van der Waals surface area contributed by atoms with Crippen LogP contribution in [0.3, 0.4) is 0 Å². The fraction of sp³-hybridized carbons (Fsp3) is 0.536. The molecule has 8 aliphatic heterocycles. The number of hydrogen-bond acceptors (Lipinski definition) is 22. The molecule has 22 heteroatoms. The molecule has 8 fully saturated rings. The largest absolute Gasteiger partial charge is 0.396 e. The van der Waals surface area contributed by atoms with Crippen LogP contribution in [0.15, 0.2) is 123 Å². The SMILES string of the molecule is C=C(C1CCN(c2ccncc2N)CC1)N1CCN(C)CC1.Nc1cnccc1N1CCC2(CCCO2)CC1.Nc1cnccc1N1CCCC1.Nc1cnccc1N1CCCCC1.Nc1cnccc1N1CCCCCC1.Nc1cnccc1N1CCOCC1. The molecule has 0 atom stereocenters. The maximum atomic E-state index is 6.04. The van der Waals surface area contributed by atoms with Crippen LogP contribution in [0.4, 0.5) is 68.2 Å². The van der Waals surface area contributed by atoms with Crippen molar-refractivity contribution < 1.29 is 9.47 Å². The predicted molar refractivity (Wildman–Crippen MR) is 376 cm³/mol. The van der Waals surface area contributed by atoms with E-state index in [-0.39, 0.29) is 5.60 Å². The summed E-state index contributed by atoms with van der Waals surface area (Å²) in [5.74, 6) is 0.614. The van der Waals surface area contributed by atoms with Crippen molar-refractivity contribution in [2.75, 3.05) is 195 Å². The average Bonchev–Trinajstić information content (AvgIpc) is 2.53. The smallest absolute Gasteiger partial charge is 0.0738 e. The van der Waals surface area contributed by atoms with Crippen molar-refractivity contribution in [3.63, 3.8) is 0 Å². The second-order valence-corrected chi connectivity index (χ2v) is 25.0. The van der Waals surface area contributed by atoms with Crippen LogP contribution >= 0.6 is 0 Å². The standard InChI is InChI=1S/C17H27N5.C13H19N3O.C11H17N3.C10H15N3.C9H13N3O.C9H13N3/c1-14(21-11-9-20(2)10-12-21)15-4-7-22(8-5-15)17-3-6-19-13-16(17)18;14-11-10-15-6-2-12(11)16-7-4-13(5-8-16)3-1-9-17-13;12-10-9-13-6-5-11(10)14-7-3-1-2-4-8-14;11-9-8-12-5-4-10(9)13-6-2-1-3-7-13;10-8-7-11-2-1-9(8)12-3-5-13-6-4-12;10-8-7-11-4-3-9(8)12-5-1-2-6-12/h3,6,13,15H,1,4-5,7-12,18H2,2H3;2,6,10H,1,3-5,7-9,14H2;5-6,9H,1-4,7-8,12H2;4-5,8H,1-3,6-7,11H2;1-2,7H,3-6,10H2;3-4,7H,1-2,5-6,10H2. The molecule has 0 amide bonds. The van der Waals surface area contributed by atoms with Gasteiger partial charge in [-0.1, -0.05) is 19.4 Å². The number of allylic oxidation sites excluding steroid dienone is 1. The van der Waals surface area contributed by atoms with E-state index in [9.17, 15) is 0 Å². The lowest BCUT2D eigenvalue weighted by Gasteiger charge is -2.41. The first-order valence-corrected chi connectivity index (χ1v) is 33.5. The van der Waals surface area contributed by atoms with Gasteiger partial charge in [-0.2, -0.15) is 0 Å². The normalized spacial score (nSPS) is 19.4. The lowest BCUT2D eigenvalue weighted by atomic mass is 9.88. The number of hydrogen-bond donors (Lipinski definition) is 6. The third kappa shape index (κ3) is 19.7. The lowest BCUT2D eigenvalue weighted by molar-refractivity contribution is -0.0146. The lowest BCUT2D eigenvalue weighted by Crippen LogP contribution is -2.46. The molecule has 0 radical (unpaired) electrons. The van der Waals surface area contributed by atoms with Crippen molar-refractivity contribution >= 4 is 68.2 Å². The van der Waals surface area contributed by atoms with E-state index in [4.69, 9.17) is 43.9 Å². The van der Waals surface area contributed by atoms with Gasteiger partial charge < -0.3 is 83.1 Å². The molecule has 0 unspecified atom stereocenters. The fourth-order valence-electron chi connectivity index (χ4n) is 13.4. The van der Waals surface area contributed by atoms with Gasteiger partial charge >= 0.3 is 0 Å². The molecule has 6 aromatic rings. The molecule has 0 aliphatic carbocycles. The summed E-state index contributed by atoms with van der Waals surface area (Å²) in [5, 5.41) is 0. The summed E-state index contributed by atoms with van der Waals surface area (Å²) in [4.78, 5) is 42.9. The zero-order chi connectivity index (χ0) is 63.6. The van der Waals surface area contributed by atoms with E-state index in [1.165, 1.54) is 76.3 Å². The molecule has 8 aliphatic rings. The van der Waals surface area contributed by atoms with Gasteiger partial charge in [-0.15, -0.1) is 0 Å². The molecule has 0 saturated carbocycles. The predicted octanol–water partition coefficient (Wildman–Crippen LogP) is 8.92. The van der Waals surface area contributed by atoms with Crippen LogP contribution in [0.1, 0.15) is 96.3 Å². The number of ether oxygens (including phenoxy) is 2. The minimum Gasteiger partial charge on any atom is -0.396 e. The molecular weight excluding hydrogens is 1140 g/mol. The van der Waals surface area contributed by atoms with Gasteiger partial charge in [-0.3, -0.25) is 29.9 Å². The Morgan fingerprint density at radius 3 is 1.01 bits per heavy atom. The number of nitrogens with two attached hydrogens (primary N) is 6. The molecule has 0 bridgehead atoms. The van der Waals surface area contributed by atoms with Gasteiger partial charge in [0.25, 0.3) is 0 Å². The Kier molecular flexibility index (Phi) is 25.8. The van der Waals surface area contributed by atoms with Crippen LogP contribution in [0.5, 0.6) is 0 Å².